The minimum absolute atomic E-state index is 0.189. The molecule has 2 heterocycles. The summed E-state index contributed by atoms with van der Waals surface area (Å²) in [7, 11) is 3.13. The van der Waals surface area contributed by atoms with Gasteiger partial charge < -0.3 is 20.9 Å². The summed E-state index contributed by atoms with van der Waals surface area (Å²) in [5.74, 6) is 0.951. The van der Waals surface area contributed by atoms with Gasteiger partial charge in [-0.05, 0) is 48.5 Å². The van der Waals surface area contributed by atoms with E-state index in [4.69, 9.17) is 20.9 Å². The average Bonchev–Trinajstić information content (AvgIpc) is 3.29. The Morgan fingerprint density at radius 2 is 1.07 bits per heavy atom. The van der Waals surface area contributed by atoms with Crippen LogP contribution < -0.4 is 20.9 Å². The molecular weight excluding hydrogens is 420 g/mol. The van der Waals surface area contributed by atoms with E-state index >= 15 is 0 Å². The van der Waals surface area contributed by atoms with Gasteiger partial charge in [0, 0.05) is 11.1 Å². The number of ketones is 2. The van der Waals surface area contributed by atoms with E-state index in [1.807, 2.05) is 0 Å². The van der Waals surface area contributed by atoms with E-state index in [-0.39, 0.29) is 11.6 Å². The van der Waals surface area contributed by atoms with Gasteiger partial charge >= 0.3 is 0 Å². The molecule has 0 aliphatic heterocycles. The number of ether oxygens (including phenoxy) is 2. The van der Waals surface area contributed by atoms with Crippen molar-refractivity contribution < 1.29 is 19.1 Å². The van der Waals surface area contributed by atoms with E-state index < -0.39 is 0 Å². The molecule has 30 heavy (non-hydrogen) atoms. The fourth-order valence-corrected chi connectivity index (χ4v) is 5.62. The Hall–Kier alpha value is -3.36. The predicted octanol–water partition coefficient (Wildman–Crippen LogP) is 4.61. The molecule has 0 saturated carbocycles. The molecule has 0 bridgehead atoms. The molecule has 2 aromatic carbocycles. The van der Waals surface area contributed by atoms with Crippen LogP contribution in [0.15, 0.2) is 48.5 Å². The highest BCUT2D eigenvalue weighted by atomic mass is 32.2. The Morgan fingerprint density at radius 3 is 1.37 bits per heavy atom. The molecule has 0 fully saturated rings. The van der Waals surface area contributed by atoms with Crippen LogP contribution in [0.5, 0.6) is 11.5 Å². The number of nitrogens with two attached hydrogens (primary N) is 2. The Bertz CT molecular complexity index is 1160. The largest absolute Gasteiger partial charge is 0.497 e. The molecule has 0 amide bonds. The number of methoxy groups -OCH3 is 2. The monoisotopic (exact) mass is 438 g/mol. The summed E-state index contributed by atoms with van der Waals surface area (Å²) in [5.41, 5.74) is 14.2. The number of hydrogen-bond acceptors (Lipinski definition) is 8. The summed E-state index contributed by atoms with van der Waals surface area (Å²) in [5, 5.41) is 0.568. The highest BCUT2D eigenvalue weighted by molar-refractivity contribution is 7.40. The van der Waals surface area contributed by atoms with Crippen molar-refractivity contribution in [2.24, 2.45) is 0 Å². The second kappa shape index (κ2) is 7.81. The van der Waals surface area contributed by atoms with Gasteiger partial charge in [-0.15, -0.1) is 22.7 Å². The van der Waals surface area contributed by atoms with E-state index in [0.717, 1.165) is 4.01 Å². The van der Waals surface area contributed by atoms with Gasteiger partial charge in [0.1, 0.15) is 21.3 Å². The summed E-state index contributed by atoms with van der Waals surface area (Å²) in [6.07, 6.45) is 0. The predicted molar refractivity (Wildman–Crippen MR) is 121 cm³/mol. The minimum atomic E-state index is -0.189. The van der Waals surface area contributed by atoms with Crippen LogP contribution in [0.4, 0.5) is 11.4 Å². The Labute approximate surface area is 180 Å². The third kappa shape index (κ3) is 3.30. The van der Waals surface area contributed by atoms with Crippen LogP contribution in [0.3, 0.4) is 0 Å². The number of rotatable bonds is 6. The first-order chi connectivity index (χ1) is 14.4. The van der Waals surface area contributed by atoms with Gasteiger partial charge in [0.2, 0.25) is 11.6 Å². The fraction of sp³-hybridized carbons (Fsp3) is 0.0909. The maximum atomic E-state index is 12.9. The number of benzene rings is 2. The van der Waals surface area contributed by atoms with Crippen molar-refractivity contribution >= 4 is 55.0 Å². The van der Waals surface area contributed by atoms with E-state index in [9.17, 15) is 9.59 Å². The smallest absolute Gasteiger partial charge is 0.205 e. The zero-order chi connectivity index (χ0) is 21.4. The van der Waals surface area contributed by atoms with Gasteiger partial charge in [0.15, 0.2) is 0 Å². The molecule has 4 rings (SSSR count). The zero-order valence-corrected chi connectivity index (χ0v) is 17.9. The summed E-state index contributed by atoms with van der Waals surface area (Å²) in [4.78, 5) is 26.7. The van der Waals surface area contributed by atoms with Crippen LogP contribution >= 0.6 is 22.7 Å². The molecule has 0 aliphatic carbocycles. The molecule has 0 radical (unpaired) electrons. The molecule has 0 spiro atoms. The highest BCUT2D eigenvalue weighted by Gasteiger charge is 2.25. The highest BCUT2D eigenvalue weighted by Crippen LogP contribution is 2.46. The third-order valence-corrected chi connectivity index (χ3v) is 7.24. The fourth-order valence-electron chi connectivity index (χ4n) is 3.09. The van der Waals surface area contributed by atoms with Crippen LogP contribution in [-0.4, -0.2) is 25.8 Å². The molecule has 0 atom stereocenters. The van der Waals surface area contributed by atoms with Crippen molar-refractivity contribution in [2.45, 2.75) is 0 Å². The summed E-state index contributed by atoms with van der Waals surface area (Å²) >= 11 is 2.50. The zero-order valence-electron chi connectivity index (χ0n) is 16.2. The molecule has 152 valence electrons. The molecule has 0 saturated heterocycles. The number of anilines is 2. The summed E-state index contributed by atoms with van der Waals surface area (Å²) < 4.78 is 11.0. The van der Waals surface area contributed by atoms with Crippen molar-refractivity contribution in [3.63, 3.8) is 0 Å². The summed E-state index contributed by atoms with van der Waals surface area (Å²) in [6.45, 7) is 0. The molecule has 8 heteroatoms. The van der Waals surface area contributed by atoms with Crippen LogP contribution in [0.25, 0.3) is 9.40 Å². The van der Waals surface area contributed by atoms with Crippen LogP contribution in [0.1, 0.15) is 30.5 Å². The molecule has 4 N–H and O–H groups in total. The van der Waals surface area contributed by atoms with Crippen molar-refractivity contribution in [1.82, 2.24) is 0 Å². The topological polar surface area (TPSA) is 105 Å². The lowest BCUT2D eigenvalue weighted by Crippen LogP contribution is -2.04. The lowest BCUT2D eigenvalue weighted by Gasteiger charge is -2.04. The number of hydrogen-bond donors (Lipinski definition) is 2. The molecule has 4 aromatic rings. The summed E-state index contributed by atoms with van der Waals surface area (Å²) in [6, 6.07) is 13.6. The number of carbonyl (C=O) groups excluding carboxylic acids is 2. The van der Waals surface area contributed by atoms with E-state index in [1.54, 1.807) is 62.8 Å². The maximum absolute atomic E-state index is 12.9. The van der Waals surface area contributed by atoms with Crippen molar-refractivity contribution in [3.05, 3.63) is 69.4 Å². The van der Waals surface area contributed by atoms with Gasteiger partial charge in [-0.3, -0.25) is 9.59 Å². The van der Waals surface area contributed by atoms with Gasteiger partial charge in [0.25, 0.3) is 0 Å². The van der Waals surface area contributed by atoms with Gasteiger partial charge in [-0.2, -0.15) is 0 Å². The average molecular weight is 439 g/mol. The lowest BCUT2D eigenvalue weighted by atomic mass is 10.1. The van der Waals surface area contributed by atoms with Crippen molar-refractivity contribution in [3.8, 4) is 11.5 Å². The molecule has 6 nitrogen and oxygen atoms in total. The quantitative estimate of drug-likeness (QED) is 0.426. The molecule has 2 aromatic heterocycles. The number of nitrogen functional groups attached to an aromatic ring is 2. The SMILES string of the molecule is COc1ccc(C(=O)c2sc3sc(C(=O)c4ccc(OC)cc4)c(N)c3c2N)cc1. The first kappa shape index (κ1) is 19.9. The van der Waals surface area contributed by atoms with Crippen LogP contribution in [0.2, 0.25) is 0 Å². The third-order valence-electron chi connectivity index (χ3n) is 4.74. The number of thiophene rings is 2. The molecular formula is C22H18N2O4S2. The molecule has 0 unspecified atom stereocenters. The first-order valence-electron chi connectivity index (χ1n) is 8.92. The second-order valence-corrected chi connectivity index (χ2v) is 8.77. The van der Waals surface area contributed by atoms with Gasteiger partial charge in [-0.1, -0.05) is 0 Å². The van der Waals surface area contributed by atoms with Crippen LogP contribution in [0, 0.1) is 0 Å². The Balaban J connectivity index is 1.70. The van der Waals surface area contributed by atoms with Gasteiger partial charge in [-0.25, -0.2) is 0 Å². The molecule has 0 aliphatic rings. The Morgan fingerprint density at radius 1 is 0.700 bits per heavy atom. The second-order valence-electron chi connectivity index (χ2n) is 6.47. The lowest BCUT2D eigenvalue weighted by molar-refractivity contribution is 0.103. The maximum Gasteiger partial charge on any atom is 0.205 e. The van der Waals surface area contributed by atoms with E-state index in [1.165, 1.54) is 22.7 Å². The van der Waals surface area contributed by atoms with Crippen molar-refractivity contribution in [1.29, 1.82) is 0 Å². The number of carbonyl (C=O) groups is 2. The Kier molecular flexibility index (Phi) is 5.19. The van der Waals surface area contributed by atoms with E-state index in [2.05, 4.69) is 0 Å². The normalized spacial score (nSPS) is 10.9. The minimum Gasteiger partial charge on any atom is -0.497 e. The van der Waals surface area contributed by atoms with E-state index in [0.29, 0.717) is 49.1 Å². The first-order valence-corrected chi connectivity index (χ1v) is 10.6. The van der Waals surface area contributed by atoms with Gasteiger partial charge in [0.05, 0.1) is 35.0 Å². The van der Waals surface area contributed by atoms with Crippen molar-refractivity contribution in [2.75, 3.05) is 25.7 Å². The van der Waals surface area contributed by atoms with Crippen LogP contribution in [-0.2, 0) is 0 Å². The standard InChI is InChI=1S/C22H18N2O4S2/c1-27-13-7-3-11(4-8-13)18(25)20-16(23)15-17(24)21(30-22(15)29-20)19(26)12-5-9-14(28-2)10-6-12/h3-10H,23-24H2,1-2H3. The number of fused-ring (bicyclic) bond motifs is 1.